The number of aliphatic hydroxyl groups excluding tert-OH is 1. The van der Waals surface area contributed by atoms with Crippen LogP contribution >= 0.6 is 0 Å². The van der Waals surface area contributed by atoms with Crippen molar-refractivity contribution >= 4 is 0 Å². The van der Waals surface area contributed by atoms with Gasteiger partial charge in [-0.15, -0.1) is 0 Å². The van der Waals surface area contributed by atoms with Gasteiger partial charge in [-0.05, 0) is 54.9 Å². The minimum atomic E-state index is -0.256. The highest BCUT2D eigenvalue weighted by atomic mass is 16.5. The first-order valence-electron chi connectivity index (χ1n) is 6.76. The van der Waals surface area contributed by atoms with Gasteiger partial charge in [0.2, 0.25) is 0 Å². The van der Waals surface area contributed by atoms with Crippen LogP contribution in [-0.4, -0.2) is 11.7 Å². The average molecular weight is 232 g/mol. The summed E-state index contributed by atoms with van der Waals surface area (Å²) < 4.78 is 5.87. The third kappa shape index (κ3) is 2.32. The molecule has 1 unspecified atom stereocenters. The normalized spacial score (nSPS) is 23.9. The maximum absolute atomic E-state index is 9.73. The van der Waals surface area contributed by atoms with E-state index in [2.05, 4.69) is 6.07 Å². The van der Waals surface area contributed by atoms with E-state index in [1.807, 2.05) is 12.1 Å². The van der Waals surface area contributed by atoms with Crippen molar-refractivity contribution in [3.63, 3.8) is 0 Å². The molecule has 0 saturated heterocycles. The van der Waals surface area contributed by atoms with Crippen LogP contribution in [0.5, 0.6) is 5.75 Å². The smallest absolute Gasteiger partial charge is 0.119 e. The topological polar surface area (TPSA) is 29.5 Å². The third-order valence-corrected chi connectivity index (χ3v) is 4.12. The molecule has 0 spiro atoms. The van der Waals surface area contributed by atoms with Crippen LogP contribution < -0.4 is 4.74 Å². The molecule has 1 aromatic carbocycles. The summed E-state index contributed by atoms with van der Waals surface area (Å²) in [7, 11) is 0. The standard InChI is InChI=1S/C15H20O2/c16-15-8-5-12-9-13(6-7-14(12)15)17-10-11-3-1-2-4-11/h6-7,9,11,15-16H,1-5,8,10H2. The van der Waals surface area contributed by atoms with Gasteiger partial charge in [0.1, 0.15) is 5.75 Å². The lowest BCUT2D eigenvalue weighted by atomic mass is 10.1. The number of aryl methyl sites for hydroxylation is 1. The van der Waals surface area contributed by atoms with Crippen LogP contribution in [0.25, 0.3) is 0 Å². The highest BCUT2D eigenvalue weighted by Gasteiger charge is 2.21. The van der Waals surface area contributed by atoms with Gasteiger partial charge in [-0.25, -0.2) is 0 Å². The van der Waals surface area contributed by atoms with Gasteiger partial charge in [0.25, 0.3) is 0 Å². The van der Waals surface area contributed by atoms with Gasteiger partial charge in [0, 0.05) is 0 Å². The summed E-state index contributed by atoms with van der Waals surface area (Å²) in [6.45, 7) is 0.862. The predicted molar refractivity (Wildman–Crippen MR) is 67.2 cm³/mol. The molecule has 1 atom stereocenters. The van der Waals surface area contributed by atoms with E-state index in [4.69, 9.17) is 4.74 Å². The summed E-state index contributed by atoms with van der Waals surface area (Å²) in [6.07, 6.45) is 6.97. The van der Waals surface area contributed by atoms with Gasteiger partial charge in [-0.1, -0.05) is 18.9 Å². The zero-order chi connectivity index (χ0) is 11.7. The molecule has 2 nitrogen and oxygen atoms in total. The van der Waals surface area contributed by atoms with Crippen molar-refractivity contribution in [2.45, 2.75) is 44.6 Å². The molecule has 1 saturated carbocycles. The maximum Gasteiger partial charge on any atom is 0.119 e. The minimum absolute atomic E-state index is 0.256. The fourth-order valence-electron chi connectivity index (χ4n) is 3.05. The minimum Gasteiger partial charge on any atom is -0.493 e. The quantitative estimate of drug-likeness (QED) is 0.867. The van der Waals surface area contributed by atoms with E-state index >= 15 is 0 Å². The van der Waals surface area contributed by atoms with Crippen molar-refractivity contribution in [1.82, 2.24) is 0 Å². The molecule has 0 aliphatic heterocycles. The first-order valence-corrected chi connectivity index (χ1v) is 6.76. The maximum atomic E-state index is 9.73. The lowest BCUT2D eigenvalue weighted by molar-refractivity contribution is 0.180. The molecule has 0 amide bonds. The second-order valence-electron chi connectivity index (χ2n) is 5.38. The van der Waals surface area contributed by atoms with Crippen LogP contribution in [0.2, 0.25) is 0 Å². The Labute approximate surface area is 103 Å². The zero-order valence-corrected chi connectivity index (χ0v) is 10.2. The Balaban J connectivity index is 1.64. The Bertz CT molecular complexity index is 394. The lowest BCUT2D eigenvalue weighted by Gasteiger charge is -2.12. The van der Waals surface area contributed by atoms with Crippen molar-refractivity contribution in [1.29, 1.82) is 0 Å². The van der Waals surface area contributed by atoms with Crippen molar-refractivity contribution in [3.05, 3.63) is 29.3 Å². The molecular formula is C15H20O2. The Morgan fingerprint density at radius 3 is 2.82 bits per heavy atom. The van der Waals surface area contributed by atoms with E-state index in [0.29, 0.717) is 0 Å². The monoisotopic (exact) mass is 232 g/mol. The summed E-state index contributed by atoms with van der Waals surface area (Å²) in [4.78, 5) is 0. The van der Waals surface area contributed by atoms with E-state index in [-0.39, 0.29) is 6.10 Å². The molecule has 92 valence electrons. The molecule has 2 aliphatic rings. The summed E-state index contributed by atoms with van der Waals surface area (Å²) in [5.74, 6) is 1.73. The Morgan fingerprint density at radius 1 is 1.18 bits per heavy atom. The molecule has 2 aliphatic carbocycles. The SMILES string of the molecule is OC1CCc2cc(OCC3CCCC3)ccc21. The van der Waals surface area contributed by atoms with Gasteiger partial charge in [0.05, 0.1) is 12.7 Å². The largest absolute Gasteiger partial charge is 0.493 e. The molecule has 1 aromatic rings. The summed E-state index contributed by atoms with van der Waals surface area (Å²) in [6, 6.07) is 6.14. The highest BCUT2D eigenvalue weighted by Crippen LogP contribution is 2.33. The van der Waals surface area contributed by atoms with Gasteiger partial charge < -0.3 is 9.84 Å². The highest BCUT2D eigenvalue weighted by molar-refractivity contribution is 5.39. The lowest BCUT2D eigenvalue weighted by Crippen LogP contribution is -2.08. The van der Waals surface area contributed by atoms with Crippen molar-refractivity contribution in [3.8, 4) is 5.75 Å². The summed E-state index contributed by atoms with van der Waals surface area (Å²) in [5, 5.41) is 9.73. The number of hydrogen-bond acceptors (Lipinski definition) is 2. The number of hydrogen-bond donors (Lipinski definition) is 1. The molecule has 17 heavy (non-hydrogen) atoms. The molecule has 1 N–H and O–H groups in total. The average Bonchev–Trinajstić information content (AvgIpc) is 2.97. The molecule has 1 fully saturated rings. The molecule has 0 aromatic heterocycles. The first kappa shape index (κ1) is 11.1. The number of aliphatic hydroxyl groups is 1. The predicted octanol–water partition coefficient (Wildman–Crippen LogP) is 3.24. The Morgan fingerprint density at radius 2 is 2.00 bits per heavy atom. The zero-order valence-electron chi connectivity index (χ0n) is 10.2. The molecule has 0 bridgehead atoms. The van der Waals surface area contributed by atoms with Gasteiger partial charge in [0.15, 0.2) is 0 Å². The van der Waals surface area contributed by atoms with Gasteiger partial charge in [-0.3, -0.25) is 0 Å². The van der Waals surface area contributed by atoms with E-state index in [1.54, 1.807) is 0 Å². The van der Waals surface area contributed by atoms with Crippen LogP contribution in [0.1, 0.15) is 49.3 Å². The van der Waals surface area contributed by atoms with E-state index < -0.39 is 0 Å². The van der Waals surface area contributed by atoms with Gasteiger partial charge >= 0.3 is 0 Å². The third-order valence-electron chi connectivity index (χ3n) is 4.12. The number of ether oxygens (including phenoxy) is 1. The molecule has 2 heteroatoms. The molecular weight excluding hydrogens is 212 g/mol. The second-order valence-corrected chi connectivity index (χ2v) is 5.38. The van der Waals surface area contributed by atoms with E-state index in [0.717, 1.165) is 36.7 Å². The Hall–Kier alpha value is -1.02. The van der Waals surface area contributed by atoms with Crippen LogP contribution in [0.3, 0.4) is 0 Å². The Kier molecular flexibility index (Phi) is 3.06. The van der Waals surface area contributed by atoms with E-state index in [1.165, 1.54) is 31.2 Å². The summed E-state index contributed by atoms with van der Waals surface area (Å²) in [5.41, 5.74) is 2.36. The van der Waals surface area contributed by atoms with Crippen molar-refractivity contribution < 1.29 is 9.84 Å². The number of fused-ring (bicyclic) bond motifs is 1. The molecule has 0 heterocycles. The van der Waals surface area contributed by atoms with Crippen molar-refractivity contribution in [2.75, 3.05) is 6.61 Å². The van der Waals surface area contributed by atoms with E-state index in [9.17, 15) is 5.11 Å². The fraction of sp³-hybridized carbons (Fsp3) is 0.600. The van der Waals surface area contributed by atoms with Crippen LogP contribution in [-0.2, 0) is 6.42 Å². The van der Waals surface area contributed by atoms with Crippen LogP contribution in [0.15, 0.2) is 18.2 Å². The van der Waals surface area contributed by atoms with Crippen molar-refractivity contribution in [2.24, 2.45) is 5.92 Å². The fourth-order valence-corrected chi connectivity index (χ4v) is 3.05. The number of benzene rings is 1. The molecule has 3 rings (SSSR count). The van der Waals surface area contributed by atoms with Crippen LogP contribution in [0.4, 0.5) is 0 Å². The first-order chi connectivity index (χ1) is 8.33. The van der Waals surface area contributed by atoms with Crippen LogP contribution in [0, 0.1) is 5.92 Å². The summed E-state index contributed by atoms with van der Waals surface area (Å²) >= 11 is 0. The second kappa shape index (κ2) is 4.69. The number of rotatable bonds is 3. The van der Waals surface area contributed by atoms with Gasteiger partial charge in [-0.2, -0.15) is 0 Å². The molecule has 0 radical (unpaired) electrons.